The van der Waals surface area contributed by atoms with Crippen molar-refractivity contribution in [1.29, 1.82) is 0 Å². The molecule has 38 valence electrons. The molecule has 0 aromatic carbocycles. The largest absolute Gasteiger partial charge is 0.499 e. The molecule has 0 N–H and O–H groups in total. The van der Waals surface area contributed by atoms with Crippen LogP contribution in [0.2, 0.25) is 0 Å². The Labute approximate surface area is 42.5 Å². The standard InChI is InChI=1S/C5H7NO/c1-2-6-3-5-7-4-1/h1-2,4H,3,5H2. The van der Waals surface area contributed by atoms with E-state index in [1.165, 1.54) is 0 Å². The minimum Gasteiger partial charge on any atom is -0.499 e. The molecule has 0 aromatic heterocycles. The SMILES string of the molecule is C1=COCCN=C1. The predicted octanol–water partition coefficient (Wildman–Crippen LogP) is 0.601. The Hall–Kier alpha value is -0.790. The molecule has 1 heterocycles. The lowest BCUT2D eigenvalue weighted by molar-refractivity contribution is 0.262. The summed E-state index contributed by atoms with van der Waals surface area (Å²) in [4.78, 5) is 3.93. The third kappa shape index (κ3) is 1.39. The van der Waals surface area contributed by atoms with Gasteiger partial charge in [-0.3, -0.25) is 4.99 Å². The number of hydrogen-bond donors (Lipinski definition) is 0. The lowest BCUT2D eigenvalue weighted by Gasteiger charge is -1.89. The Kier molecular flexibility index (Phi) is 1.50. The van der Waals surface area contributed by atoms with E-state index in [1.807, 2.05) is 0 Å². The molecule has 1 aliphatic rings. The van der Waals surface area contributed by atoms with Crippen molar-refractivity contribution in [2.75, 3.05) is 13.2 Å². The normalized spacial score (nSPS) is 18.3. The summed E-state index contributed by atoms with van der Waals surface area (Å²) in [5, 5.41) is 0. The second kappa shape index (κ2) is 2.39. The second-order valence-electron chi connectivity index (χ2n) is 1.25. The van der Waals surface area contributed by atoms with E-state index in [0.717, 1.165) is 6.54 Å². The molecular weight excluding hydrogens is 90.1 g/mol. The summed E-state index contributed by atoms with van der Waals surface area (Å²) in [6.07, 6.45) is 5.18. The van der Waals surface area contributed by atoms with Crippen LogP contribution >= 0.6 is 0 Å². The Morgan fingerprint density at radius 2 is 2.57 bits per heavy atom. The first kappa shape index (κ1) is 4.37. The summed E-state index contributed by atoms with van der Waals surface area (Å²) in [6, 6.07) is 0. The van der Waals surface area contributed by atoms with Crippen LogP contribution in [0.15, 0.2) is 17.3 Å². The fraction of sp³-hybridized carbons (Fsp3) is 0.400. The fourth-order valence-corrected chi connectivity index (χ4v) is 0.400. The van der Waals surface area contributed by atoms with Gasteiger partial charge in [0.2, 0.25) is 0 Å². The maximum Gasteiger partial charge on any atom is 0.107 e. The first-order valence-electron chi connectivity index (χ1n) is 2.27. The number of nitrogens with zero attached hydrogens (tertiary/aromatic N) is 1. The predicted molar refractivity (Wildman–Crippen MR) is 28.5 cm³/mol. The molecule has 0 aliphatic carbocycles. The number of ether oxygens (including phenoxy) is 1. The van der Waals surface area contributed by atoms with Gasteiger partial charge in [0.25, 0.3) is 0 Å². The lowest BCUT2D eigenvalue weighted by Crippen LogP contribution is -1.87. The van der Waals surface area contributed by atoms with Crippen molar-refractivity contribution in [1.82, 2.24) is 0 Å². The van der Waals surface area contributed by atoms with Crippen molar-refractivity contribution in [3.05, 3.63) is 12.3 Å². The second-order valence-corrected chi connectivity index (χ2v) is 1.25. The number of aliphatic imine (C=N–C) groups is 1. The van der Waals surface area contributed by atoms with E-state index in [0.29, 0.717) is 6.61 Å². The van der Waals surface area contributed by atoms with Gasteiger partial charge in [0.1, 0.15) is 6.61 Å². The van der Waals surface area contributed by atoms with Gasteiger partial charge in [-0.25, -0.2) is 0 Å². The number of hydrogen-bond acceptors (Lipinski definition) is 2. The van der Waals surface area contributed by atoms with Crippen LogP contribution < -0.4 is 0 Å². The highest BCUT2D eigenvalue weighted by Gasteiger charge is 1.80. The minimum absolute atomic E-state index is 0.715. The Morgan fingerprint density at radius 3 is 3.57 bits per heavy atom. The van der Waals surface area contributed by atoms with Crippen LogP contribution in [0.4, 0.5) is 0 Å². The number of allylic oxidation sites excluding steroid dienone is 1. The van der Waals surface area contributed by atoms with Gasteiger partial charge >= 0.3 is 0 Å². The topological polar surface area (TPSA) is 21.6 Å². The highest BCUT2D eigenvalue weighted by atomic mass is 16.5. The van der Waals surface area contributed by atoms with Crippen LogP contribution in [0.5, 0.6) is 0 Å². The highest BCUT2D eigenvalue weighted by molar-refractivity contribution is 5.70. The van der Waals surface area contributed by atoms with Gasteiger partial charge in [-0.05, 0) is 6.08 Å². The van der Waals surface area contributed by atoms with E-state index in [1.54, 1.807) is 18.6 Å². The maximum absolute atomic E-state index is 4.89. The summed E-state index contributed by atoms with van der Waals surface area (Å²) >= 11 is 0. The monoisotopic (exact) mass is 97.1 g/mol. The average Bonchev–Trinajstić information content (AvgIpc) is 1.90. The van der Waals surface area contributed by atoms with Crippen LogP contribution in [-0.4, -0.2) is 19.4 Å². The molecule has 2 heteroatoms. The zero-order chi connectivity index (χ0) is 4.95. The molecule has 0 amide bonds. The van der Waals surface area contributed by atoms with Gasteiger partial charge in [-0.15, -0.1) is 0 Å². The lowest BCUT2D eigenvalue weighted by atomic mass is 10.7. The van der Waals surface area contributed by atoms with E-state index >= 15 is 0 Å². The molecular formula is C5H7NO. The van der Waals surface area contributed by atoms with Crippen LogP contribution in [0.3, 0.4) is 0 Å². The molecule has 0 atom stereocenters. The molecule has 7 heavy (non-hydrogen) atoms. The zero-order valence-corrected chi connectivity index (χ0v) is 4.00. The first-order chi connectivity index (χ1) is 3.50. The van der Waals surface area contributed by atoms with Crippen molar-refractivity contribution in [2.24, 2.45) is 4.99 Å². The van der Waals surface area contributed by atoms with Crippen LogP contribution in [0.1, 0.15) is 0 Å². The quantitative estimate of drug-likeness (QED) is 0.433. The Morgan fingerprint density at radius 1 is 1.57 bits per heavy atom. The molecule has 1 aliphatic heterocycles. The smallest absolute Gasteiger partial charge is 0.107 e. The molecule has 0 unspecified atom stereocenters. The average molecular weight is 97.1 g/mol. The summed E-state index contributed by atoms with van der Waals surface area (Å²) in [6.45, 7) is 1.50. The van der Waals surface area contributed by atoms with Crippen LogP contribution in [0, 0.1) is 0 Å². The van der Waals surface area contributed by atoms with Crippen molar-refractivity contribution < 1.29 is 4.74 Å². The van der Waals surface area contributed by atoms with E-state index in [2.05, 4.69) is 4.99 Å². The summed E-state index contributed by atoms with van der Waals surface area (Å²) in [7, 11) is 0. The molecule has 2 nitrogen and oxygen atoms in total. The highest BCUT2D eigenvalue weighted by Crippen LogP contribution is 1.81. The van der Waals surface area contributed by atoms with E-state index < -0.39 is 0 Å². The van der Waals surface area contributed by atoms with E-state index in [4.69, 9.17) is 4.74 Å². The first-order valence-corrected chi connectivity index (χ1v) is 2.27. The molecule has 1 rings (SSSR count). The van der Waals surface area contributed by atoms with Crippen LogP contribution in [-0.2, 0) is 4.74 Å². The Bertz CT molecular complexity index is 84.3. The van der Waals surface area contributed by atoms with Crippen molar-refractivity contribution in [2.45, 2.75) is 0 Å². The van der Waals surface area contributed by atoms with Crippen molar-refractivity contribution >= 4 is 6.21 Å². The number of rotatable bonds is 0. The third-order valence-corrected chi connectivity index (χ3v) is 0.705. The van der Waals surface area contributed by atoms with E-state index in [-0.39, 0.29) is 0 Å². The summed E-state index contributed by atoms with van der Waals surface area (Å²) in [5.41, 5.74) is 0. The van der Waals surface area contributed by atoms with E-state index in [9.17, 15) is 0 Å². The van der Waals surface area contributed by atoms with Crippen molar-refractivity contribution in [3.8, 4) is 0 Å². The van der Waals surface area contributed by atoms with Gasteiger partial charge in [-0.1, -0.05) is 0 Å². The molecule has 0 spiro atoms. The molecule has 0 fully saturated rings. The van der Waals surface area contributed by atoms with Gasteiger partial charge in [0, 0.05) is 6.21 Å². The third-order valence-electron chi connectivity index (χ3n) is 0.705. The molecule has 0 aromatic rings. The minimum atomic E-state index is 0.715. The molecule has 0 saturated carbocycles. The molecule has 0 saturated heterocycles. The maximum atomic E-state index is 4.89. The Balaban J connectivity index is 2.39. The molecule has 0 bridgehead atoms. The van der Waals surface area contributed by atoms with Crippen molar-refractivity contribution in [3.63, 3.8) is 0 Å². The van der Waals surface area contributed by atoms with Gasteiger partial charge in [-0.2, -0.15) is 0 Å². The van der Waals surface area contributed by atoms with Gasteiger partial charge < -0.3 is 4.74 Å². The fourth-order valence-electron chi connectivity index (χ4n) is 0.400. The summed E-state index contributed by atoms with van der Waals surface area (Å²) < 4.78 is 4.89. The molecule has 0 radical (unpaired) electrons. The van der Waals surface area contributed by atoms with Crippen LogP contribution in [0.25, 0.3) is 0 Å². The van der Waals surface area contributed by atoms with Gasteiger partial charge in [0.15, 0.2) is 0 Å². The van der Waals surface area contributed by atoms with Gasteiger partial charge in [0.05, 0.1) is 12.8 Å². The summed E-state index contributed by atoms with van der Waals surface area (Å²) in [5.74, 6) is 0. The zero-order valence-electron chi connectivity index (χ0n) is 4.00.